The minimum atomic E-state index is -0.193. The van der Waals surface area contributed by atoms with Crippen LogP contribution in [0.3, 0.4) is 0 Å². The van der Waals surface area contributed by atoms with E-state index < -0.39 is 0 Å². The smallest absolute Gasteiger partial charge is 0.250 e. The summed E-state index contributed by atoms with van der Waals surface area (Å²) in [6, 6.07) is 17.5. The lowest BCUT2D eigenvalue weighted by molar-refractivity contribution is -0.118. The first-order valence-electron chi connectivity index (χ1n) is 9.66. The van der Waals surface area contributed by atoms with E-state index in [2.05, 4.69) is 34.6 Å². The zero-order valence-corrected chi connectivity index (χ0v) is 18.6. The predicted octanol–water partition coefficient (Wildman–Crippen LogP) is 4.87. The van der Waals surface area contributed by atoms with Crippen LogP contribution in [0.25, 0.3) is 10.6 Å². The van der Waals surface area contributed by atoms with Crippen LogP contribution in [0.1, 0.15) is 25.8 Å². The molecule has 0 aliphatic carbocycles. The van der Waals surface area contributed by atoms with Crippen molar-refractivity contribution in [2.24, 2.45) is 11.0 Å². The maximum absolute atomic E-state index is 12.0. The van der Waals surface area contributed by atoms with Gasteiger partial charge in [-0.25, -0.2) is 5.43 Å². The number of benzene rings is 2. The Morgan fingerprint density at radius 1 is 1.17 bits per heavy atom. The van der Waals surface area contributed by atoms with E-state index >= 15 is 0 Å². The normalized spacial score (nSPS) is 11.2. The van der Waals surface area contributed by atoms with Gasteiger partial charge < -0.3 is 4.74 Å². The largest absolute Gasteiger partial charge is 0.494 e. The topological polar surface area (TPSA) is 76.5 Å². The lowest BCUT2D eigenvalue weighted by Crippen LogP contribution is -2.19. The molecule has 0 atom stereocenters. The molecule has 3 rings (SSSR count). The average molecular weight is 441 g/mol. The predicted molar refractivity (Wildman–Crippen MR) is 123 cm³/mol. The number of thioether (sulfide) groups is 1. The minimum absolute atomic E-state index is 0.193. The zero-order valence-electron chi connectivity index (χ0n) is 16.9. The summed E-state index contributed by atoms with van der Waals surface area (Å²) >= 11 is 2.81. The molecule has 2 aromatic carbocycles. The van der Waals surface area contributed by atoms with Crippen LogP contribution in [0, 0.1) is 5.92 Å². The van der Waals surface area contributed by atoms with Crippen molar-refractivity contribution < 1.29 is 9.53 Å². The fraction of sp³-hybridized carbons (Fsp3) is 0.273. The van der Waals surface area contributed by atoms with E-state index in [0.717, 1.165) is 32.6 Å². The molecule has 1 aromatic heterocycles. The lowest BCUT2D eigenvalue weighted by Gasteiger charge is -2.07. The Balaban J connectivity index is 1.40. The Hall–Kier alpha value is -2.71. The molecule has 3 aromatic rings. The molecule has 0 unspecified atom stereocenters. The molecular weight excluding hydrogens is 416 g/mol. The highest BCUT2D eigenvalue weighted by Gasteiger charge is 2.09. The fourth-order valence-electron chi connectivity index (χ4n) is 2.37. The van der Waals surface area contributed by atoms with Crippen molar-refractivity contribution in [2.75, 3.05) is 12.4 Å². The fourth-order valence-corrected chi connectivity index (χ4v) is 4.02. The van der Waals surface area contributed by atoms with E-state index in [9.17, 15) is 4.79 Å². The molecule has 0 aliphatic rings. The van der Waals surface area contributed by atoms with Gasteiger partial charge in [-0.15, -0.1) is 10.2 Å². The van der Waals surface area contributed by atoms with Crippen molar-refractivity contribution >= 4 is 35.2 Å². The first-order chi connectivity index (χ1) is 14.6. The van der Waals surface area contributed by atoms with E-state index in [1.165, 1.54) is 23.1 Å². The van der Waals surface area contributed by atoms with E-state index in [4.69, 9.17) is 4.74 Å². The number of ether oxygens (including phenoxy) is 1. The van der Waals surface area contributed by atoms with Crippen LogP contribution in [0.4, 0.5) is 0 Å². The number of hydrogen-bond acceptors (Lipinski definition) is 7. The van der Waals surface area contributed by atoms with Crippen LogP contribution in [0.15, 0.2) is 64.0 Å². The first-order valence-corrected chi connectivity index (χ1v) is 11.5. The van der Waals surface area contributed by atoms with Crippen LogP contribution in [-0.4, -0.2) is 34.7 Å². The number of carbonyl (C=O) groups excluding carboxylic acids is 1. The molecule has 30 heavy (non-hydrogen) atoms. The summed E-state index contributed by atoms with van der Waals surface area (Å²) in [7, 11) is 0. The molecule has 0 saturated heterocycles. The standard InChI is InChI=1S/C22H24N4O2S2/c1-16(2)12-13-28-19-10-8-17(9-11-19)14-23-24-20(27)15-29-22-26-25-21(30-22)18-6-4-3-5-7-18/h3-11,14,16H,12-13,15H2,1-2H3,(H,24,27). The highest BCUT2D eigenvalue weighted by Crippen LogP contribution is 2.28. The molecule has 0 radical (unpaired) electrons. The van der Waals surface area contributed by atoms with Gasteiger partial charge in [0.15, 0.2) is 4.34 Å². The van der Waals surface area contributed by atoms with E-state index in [1.807, 2.05) is 54.6 Å². The van der Waals surface area contributed by atoms with Gasteiger partial charge in [0.05, 0.1) is 18.6 Å². The van der Waals surface area contributed by atoms with Crippen LogP contribution in [0.5, 0.6) is 5.75 Å². The van der Waals surface area contributed by atoms with Gasteiger partial charge in [-0.05, 0) is 42.2 Å². The van der Waals surface area contributed by atoms with Crippen molar-refractivity contribution in [1.82, 2.24) is 15.6 Å². The van der Waals surface area contributed by atoms with E-state index in [1.54, 1.807) is 6.21 Å². The van der Waals surface area contributed by atoms with E-state index in [-0.39, 0.29) is 11.7 Å². The summed E-state index contributed by atoms with van der Waals surface area (Å²) < 4.78 is 6.44. The molecule has 1 amide bonds. The summed E-state index contributed by atoms with van der Waals surface area (Å²) in [6.45, 7) is 5.05. The number of amides is 1. The molecule has 0 fully saturated rings. The van der Waals surface area contributed by atoms with Crippen molar-refractivity contribution in [3.63, 3.8) is 0 Å². The number of nitrogens with one attached hydrogen (secondary N) is 1. The Morgan fingerprint density at radius 3 is 2.67 bits per heavy atom. The van der Waals surface area contributed by atoms with Crippen molar-refractivity contribution in [3.8, 4) is 16.3 Å². The van der Waals surface area contributed by atoms with Gasteiger partial charge in [-0.2, -0.15) is 5.10 Å². The van der Waals surface area contributed by atoms with E-state index in [0.29, 0.717) is 12.5 Å². The summed E-state index contributed by atoms with van der Waals surface area (Å²) in [5.41, 5.74) is 4.44. The second-order valence-electron chi connectivity index (χ2n) is 6.92. The quantitative estimate of drug-likeness (QED) is 0.276. The van der Waals surface area contributed by atoms with Gasteiger partial charge in [0.1, 0.15) is 10.8 Å². The molecule has 0 saturated carbocycles. The van der Waals surface area contributed by atoms with Crippen LogP contribution < -0.4 is 10.2 Å². The Morgan fingerprint density at radius 2 is 1.93 bits per heavy atom. The molecule has 156 valence electrons. The third-order valence-corrected chi connectivity index (χ3v) is 6.11. The average Bonchev–Trinajstić information content (AvgIpc) is 3.23. The van der Waals surface area contributed by atoms with Gasteiger partial charge in [-0.3, -0.25) is 4.79 Å². The molecule has 6 nitrogen and oxygen atoms in total. The number of carbonyl (C=O) groups is 1. The number of nitrogens with zero attached hydrogens (tertiary/aromatic N) is 3. The molecule has 1 heterocycles. The van der Waals surface area contributed by atoms with Crippen molar-refractivity contribution in [2.45, 2.75) is 24.6 Å². The van der Waals surface area contributed by atoms with Gasteiger partial charge in [0.2, 0.25) is 0 Å². The molecule has 0 bridgehead atoms. The van der Waals surface area contributed by atoms with Crippen LogP contribution in [0.2, 0.25) is 0 Å². The Bertz CT molecular complexity index is 957. The number of hydrogen-bond donors (Lipinski definition) is 1. The Kier molecular flexibility index (Phi) is 8.41. The maximum atomic E-state index is 12.0. The first kappa shape index (κ1) is 22.0. The summed E-state index contributed by atoms with van der Waals surface area (Å²) in [5.74, 6) is 1.49. The minimum Gasteiger partial charge on any atom is -0.494 e. The van der Waals surface area contributed by atoms with Gasteiger partial charge in [0, 0.05) is 5.56 Å². The zero-order chi connectivity index (χ0) is 21.2. The van der Waals surface area contributed by atoms with Gasteiger partial charge >= 0.3 is 0 Å². The molecule has 1 N–H and O–H groups in total. The second kappa shape index (κ2) is 11.5. The molecule has 8 heteroatoms. The molecule has 0 aliphatic heterocycles. The summed E-state index contributed by atoms with van der Waals surface area (Å²) in [5, 5.41) is 13.2. The highest BCUT2D eigenvalue weighted by molar-refractivity contribution is 8.01. The maximum Gasteiger partial charge on any atom is 0.250 e. The van der Waals surface area contributed by atoms with Gasteiger partial charge in [0.25, 0.3) is 5.91 Å². The number of hydrazone groups is 1. The van der Waals surface area contributed by atoms with Crippen LogP contribution >= 0.6 is 23.1 Å². The number of aromatic nitrogens is 2. The monoisotopic (exact) mass is 440 g/mol. The van der Waals surface area contributed by atoms with Crippen molar-refractivity contribution in [3.05, 3.63) is 60.2 Å². The summed E-state index contributed by atoms with van der Waals surface area (Å²) in [4.78, 5) is 12.0. The molecular formula is C22H24N4O2S2. The lowest BCUT2D eigenvalue weighted by atomic mass is 10.1. The SMILES string of the molecule is CC(C)CCOc1ccc(C=NNC(=O)CSc2nnc(-c3ccccc3)s2)cc1. The number of rotatable bonds is 10. The second-order valence-corrected chi connectivity index (χ2v) is 9.12. The Labute approximate surface area is 184 Å². The molecule has 0 spiro atoms. The third-order valence-electron chi connectivity index (χ3n) is 4.00. The highest BCUT2D eigenvalue weighted by atomic mass is 32.2. The third kappa shape index (κ3) is 7.27. The van der Waals surface area contributed by atoms with Crippen LogP contribution in [-0.2, 0) is 4.79 Å². The van der Waals surface area contributed by atoms with Crippen molar-refractivity contribution in [1.29, 1.82) is 0 Å². The van der Waals surface area contributed by atoms with Gasteiger partial charge in [-0.1, -0.05) is 67.3 Å². The summed E-state index contributed by atoms with van der Waals surface area (Å²) in [6.07, 6.45) is 2.64.